The van der Waals surface area contributed by atoms with E-state index in [1.54, 1.807) is 11.3 Å². The van der Waals surface area contributed by atoms with Crippen LogP contribution in [0.15, 0.2) is 47.8 Å². The maximum atomic E-state index is 12.5. The minimum Gasteiger partial charge on any atom is -0.370 e. The topological polar surface area (TPSA) is 29.5 Å². The number of hydrogen-bond donors (Lipinski definition) is 0. The first kappa shape index (κ1) is 14.3. The Morgan fingerprint density at radius 2 is 2.10 bits per heavy atom. The molecule has 1 amide bonds. The minimum absolute atomic E-state index is 0.0350. The highest BCUT2D eigenvalue weighted by atomic mass is 32.1. The van der Waals surface area contributed by atoms with E-state index in [4.69, 9.17) is 4.74 Å². The Kier molecular flexibility index (Phi) is 4.36. The zero-order chi connectivity index (χ0) is 14.7. The van der Waals surface area contributed by atoms with Gasteiger partial charge in [0.1, 0.15) is 6.10 Å². The number of amides is 1. The predicted molar refractivity (Wildman–Crippen MR) is 84.3 cm³/mol. The lowest BCUT2D eigenvalue weighted by atomic mass is 10.0. The van der Waals surface area contributed by atoms with Gasteiger partial charge in [-0.25, -0.2) is 0 Å². The molecule has 0 bridgehead atoms. The molecule has 0 aliphatic carbocycles. The first-order valence-corrected chi connectivity index (χ1v) is 8.12. The van der Waals surface area contributed by atoms with Gasteiger partial charge >= 0.3 is 0 Å². The largest absolute Gasteiger partial charge is 0.370 e. The van der Waals surface area contributed by atoms with E-state index in [1.807, 2.05) is 40.6 Å². The van der Waals surface area contributed by atoms with Gasteiger partial charge in [0, 0.05) is 11.4 Å². The van der Waals surface area contributed by atoms with Gasteiger partial charge < -0.3 is 9.64 Å². The lowest BCUT2D eigenvalue weighted by Crippen LogP contribution is -2.49. The van der Waals surface area contributed by atoms with Crippen LogP contribution in [0.25, 0.3) is 0 Å². The first-order chi connectivity index (χ1) is 10.3. The first-order valence-electron chi connectivity index (χ1n) is 7.24. The van der Waals surface area contributed by atoms with Crippen LogP contribution in [0, 0.1) is 0 Å². The molecule has 0 spiro atoms. The average Bonchev–Trinajstić information content (AvgIpc) is 3.01. The maximum absolute atomic E-state index is 12.5. The molecule has 1 aliphatic heterocycles. The molecule has 2 heterocycles. The van der Waals surface area contributed by atoms with Gasteiger partial charge in [0.2, 0.25) is 5.91 Å². The van der Waals surface area contributed by atoms with Crippen molar-refractivity contribution in [2.24, 2.45) is 0 Å². The standard InChI is InChI=1S/C17H19NO2S/c1-13-17(14-6-3-2-4-7-14)20-10-9-18(13)16(19)12-15-8-5-11-21-15/h2-8,11,13,17H,9-10,12H2,1H3. The maximum Gasteiger partial charge on any atom is 0.228 e. The number of thiophene rings is 1. The van der Waals surface area contributed by atoms with E-state index in [-0.39, 0.29) is 18.1 Å². The highest BCUT2D eigenvalue weighted by Gasteiger charge is 2.32. The van der Waals surface area contributed by atoms with Crippen LogP contribution in [0.5, 0.6) is 0 Å². The average molecular weight is 301 g/mol. The number of ether oxygens (including phenoxy) is 1. The Morgan fingerprint density at radius 3 is 2.81 bits per heavy atom. The lowest BCUT2D eigenvalue weighted by Gasteiger charge is -2.39. The molecule has 1 aromatic carbocycles. The molecular weight excluding hydrogens is 282 g/mol. The summed E-state index contributed by atoms with van der Waals surface area (Å²) in [5.41, 5.74) is 1.14. The number of carbonyl (C=O) groups is 1. The van der Waals surface area contributed by atoms with Crippen LogP contribution in [0.3, 0.4) is 0 Å². The van der Waals surface area contributed by atoms with Gasteiger partial charge in [-0.1, -0.05) is 36.4 Å². The third-order valence-corrected chi connectivity index (χ3v) is 4.79. The molecule has 0 N–H and O–H groups in total. The molecule has 1 aliphatic rings. The van der Waals surface area contributed by atoms with Crippen molar-refractivity contribution in [3.8, 4) is 0 Å². The minimum atomic E-state index is -0.0350. The van der Waals surface area contributed by atoms with Crippen molar-refractivity contribution >= 4 is 17.2 Å². The number of rotatable bonds is 3. The molecule has 1 saturated heterocycles. The highest BCUT2D eigenvalue weighted by Crippen LogP contribution is 2.28. The summed E-state index contributed by atoms with van der Waals surface area (Å²) in [6.07, 6.45) is 0.455. The Balaban J connectivity index is 1.72. The summed E-state index contributed by atoms with van der Waals surface area (Å²) in [5.74, 6) is 0.189. The Labute approximate surface area is 129 Å². The third kappa shape index (κ3) is 3.17. The van der Waals surface area contributed by atoms with Gasteiger partial charge in [0.05, 0.1) is 19.1 Å². The molecule has 1 fully saturated rings. The summed E-state index contributed by atoms with van der Waals surface area (Å²) >= 11 is 1.63. The molecule has 1 aromatic heterocycles. The van der Waals surface area contributed by atoms with E-state index in [0.29, 0.717) is 19.6 Å². The zero-order valence-corrected chi connectivity index (χ0v) is 12.9. The zero-order valence-electron chi connectivity index (χ0n) is 12.1. The molecule has 0 saturated carbocycles. The summed E-state index contributed by atoms with van der Waals surface area (Å²) in [7, 11) is 0. The Morgan fingerprint density at radius 1 is 1.29 bits per heavy atom. The van der Waals surface area contributed by atoms with Gasteiger partial charge in [0.15, 0.2) is 0 Å². The molecule has 3 rings (SSSR count). The van der Waals surface area contributed by atoms with Gasteiger partial charge in [-0.3, -0.25) is 4.79 Å². The van der Waals surface area contributed by atoms with E-state index in [0.717, 1.165) is 10.4 Å². The van der Waals surface area contributed by atoms with Crippen LogP contribution in [-0.4, -0.2) is 30.0 Å². The van der Waals surface area contributed by atoms with Crippen molar-refractivity contribution in [1.82, 2.24) is 4.90 Å². The second-order valence-corrected chi connectivity index (χ2v) is 6.32. The number of nitrogens with zero attached hydrogens (tertiary/aromatic N) is 1. The fraction of sp³-hybridized carbons (Fsp3) is 0.353. The molecule has 3 nitrogen and oxygen atoms in total. The molecule has 4 heteroatoms. The molecule has 0 radical (unpaired) electrons. The smallest absolute Gasteiger partial charge is 0.228 e. The summed E-state index contributed by atoms with van der Waals surface area (Å²) < 4.78 is 5.90. The van der Waals surface area contributed by atoms with Crippen LogP contribution in [-0.2, 0) is 16.0 Å². The normalized spacial score (nSPS) is 22.2. The van der Waals surface area contributed by atoms with Crippen LogP contribution in [0.2, 0.25) is 0 Å². The van der Waals surface area contributed by atoms with Crippen molar-refractivity contribution in [3.63, 3.8) is 0 Å². The SMILES string of the molecule is CC1C(c2ccccc2)OCCN1C(=O)Cc1cccs1. The lowest BCUT2D eigenvalue weighted by molar-refractivity contribution is -0.144. The summed E-state index contributed by atoms with van der Waals surface area (Å²) in [5, 5.41) is 2.01. The van der Waals surface area contributed by atoms with Gasteiger partial charge in [-0.05, 0) is 23.9 Å². The van der Waals surface area contributed by atoms with Crippen LogP contribution < -0.4 is 0 Å². The van der Waals surface area contributed by atoms with Crippen molar-refractivity contribution in [2.45, 2.75) is 25.5 Å². The molecule has 2 atom stereocenters. The van der Waals surface area contributed by atoms with E-state index >= 15 is 0 Å². The second-order valence-electron chi connectivity index (χ2n) is 5.29. The molecule has 2 unspecified atom stereocenters. The fourth-order valence-electron chi connectivity index (χ4n) is 2.82. The Bertz CT molecular complexity index is 582. The van der Waals surface area contributed by atoms with Crippen molar-refractivity contribution < 1.29 is 9.53 Å². The van der Waals surface area contributed by atoms with Crippen LogP contribution in [0.1, 0.15) is 23.5 Å². The van der Waals surface area contributed by atoms with Crippen molar-refractivity contribution in [2.75, 3.05) is 13.2 Å². The summed E-state index contributed by atoms with van der Waals surface area (Å²) in [6.45, 7) is 3.35. The van der Waals surface area contributed by atoms with E-state index < -0.39 is 0 Å². The monoisotopic (exact) mass is 301 g/mol. The number of benzene rings is 1. The second kappa shape index (κ2) is 6.41. The van der Waals surface area contributed by atoms with E-state index in [9.17, 15) is 4.79 Å². The number of carbonyl (C=O) groups excluding carboxylic acids is 1. The number of morpholine rings is 1. The van der Waals surface area contributed by atoms with Gasteiger partial charge in [-0.15, -0.1) is 11.3 Å². The molecule has 21 heavy (non-hydrogen) atoms. The van der Waals surface area contributed by atoms with Crippen molar-refractivity contribution in [3.05, 3.63) is 58.3 Å². The quantitative estimate of drug-likeness (QED) is 0.870. The third-order valence-electron chi connectivity index (χ3n) is 3.91. The van der Waals surface area contributed by atoms with Crippen molar-refractivity contribution in [1.29, 1.82) is 0 Å². The van der Waals surface area contributed by atoms with E-state index in [1.165, 1.54) is 0 Å². The van der Waals surface area contributed by atoms with Gasteiger partial charge in [-0.2, -0.15) is 0 Å². The number of hydrogen-bond acceptors (Lipinski definition) is 3. The summed E-state index contributed by atoms with van der Waals surface area (Å²) in [4.78, 5) is 15.6. The van der Waals surface area contributed by atoms with Gasteiger partial charge in [0.25, 0.3) is 0 Å². The Hall–Kier alpha value is -1.65. The van der Waals surface area contributed by atoms with E-state index in [2.05, 4.69) is 19.1 Å². The predicted octanol–water partition coefficient (Wildman–Crippen LogP) is 3.28. The molecule has 2 aromatic rings. The fourth-order valence-corrected chi connectivity index (χ4v) is 3.51. The van der Waals surface area contributed by atoms with Crippen LogP contribution in [0.4, 0.5) is 0 Å². The molecular formula is C17H19NO2S. The highest BCUT2D eigenvalue weighted by molar-refractivity contribution is 7.10. The van der Waals surface area contributed by atoms with Crippen LogP contribution >= 0.6 is 11.3 Å². The molecule has 110 valence electrons. The summed E-state index contributed by atoms with van der Waals surface area (Å²) in [6, 6.07) is 14.2.